The lowest BCUT2D eigenvalue weighted by Crippen LogP contribution is -2.49. The van der Waals surface area contributed by atoms with E-state index in [9.17, 15) is 4.79 Å². The summed E-state index contributed by atoms with van der Waals surface area (Å²) in [5.74, 6) is 0.809. The number of ether oxygens (including phenoxy) is 1. The van der Waals surface area contributed by atoms with Crippen molar-refractivity contribution in [3.63, 3.8) is 0 Å². The molecule has 2 N–H and O–H groups in total. The molecular formula is C11H21ClN2O2. The molecule has 16 heavy (non-hydrogen) atoms. The van der Waals surface area contributed by atoms with Crippen LogP contribution in [-0.4, -0.2) is 38.3 Å². The van der Waals surface area contributed by atoms with E-state index in [-0.39, 0.29) is 24.2 Å². The number of hydrogen-bond donors (Lipinski definition) is 2. The topological polar surface area (TPSA) is 50.4 Å². The number of rotatable bonds is 2. The predicted octanol–water partition coefficient (Wildman–Crippen LogP) is 0.559. The van der Waals surface area contributed by atoms with Crippen molar-refractivity contribution in [1.82, 2.24) is 10.6 Å². The predicted molar refractivity (Wildman–Crippen MR) is 64.8 cm³/mol. The Labute approximate surface area is 103 Å². The molecule has 2 saturated heterocycles. The molecule has 0 spiro atoms. The van der Waals surface area contributed by atoms with Crippen molar-refractivity contribution in [3.8, 4) is 0 Å². The normalized spacial score (nSPS) is 34.2. The molecule has 94 valence electrons. The lowest BCUT2D eigenvalue weighted by molar-refractivity contribution is -0.126. The number of hydrogen-bond acceptors (Lipinski definition) is 3. The zero-order valence-corrected chi connectivity index (χ0v) is 10.5. The average molecular weight is 249 g/mol. The maximum Gasteiger partial charge on any atom is 0.225 e. The van der Waals surface area contributed by atoms with E-state index in [1.165, 1.54) is 0 Å². The molecule has 2 fully saturated rings. The molecule has 2 aliphatic rings. The van der Waals surface area contributed by atoms with Crippen LogP contribution < -0.4 is 10.6 Å². The van der Waals surface area contributed by atoms with E-state index < -0.39 is 0 Å². The van der Waals surface area contributed by atoms with Crippen molar-refractivity contribution < 1.29 is 9.53 Å². The fourth-order valence-corrected chi connectivity index (χ4v) is 2.27. The molecule has 0 aliphatic carbocycles. The fourth-order valence-electron chi connectivity index (χ4n) is 2.27. The minimum Gasteiger partial charge on any atom is -0.381 e. The Hall–Kier alpha value is -0.320. The number of amides is 1. The van der Waals surface area contributed by atoms with Gasteiger partial charge in [0.2, 0.25) is 5.91 Å². The van der Waals surface area contributed by atoms with E-state index in [0.29, 0.717) is 18.6 Å². The van der Waals surface area contributed by atoms with Gasteiger partial charge in [-0.1, -0.05) is 6.92 Å². The molecule has 1 amide bonds. The van der Waals surface area contributed by atoms with Gasteiger partial charge < -0.3 is 15.4 Å². The van der Waals surface area contributed by atoms with E-state index in [1.807, 2.05) is 0 Å². The van der Waals surface area contributed by atoms with Crippen molar-refractivity contribution in [3.05, 3.63) is 0 Å². The monoisotopic (exact) mass is 248 g/mol. The molecule has 0 aromatic heterocycles. The van der Waals surface area contributed by atoms with Crippen LogP contribution in [0.2, 0.25) is 0 Å². The van der Waals surface area contributed by atoms with Crippen LogP contribution in [0.4, 0.5) is 0 Å². The van der Waals surface area contributed by atoms with Gasteiger partial charge in [-0.15, -0.1) is 12.4 Å². The van der Waals surface area contributed by atoms with Crippen molar-refractivity contribution >= 4 is 18.3 Å². The lowest BCUT2D eigenvalue weighted by Gasteiger charge is -2.30. The SMILES string of the molecule is CC1CNCCC1NC(=O)C1CCOC1.Cl. The van der Waals surface area contributed by atoms with Gasteiger partial charge in [0.15, 0.2) is 0 Å². The first-order chi connectivity index (χ1) is 7.27. The van der Waals surface area contributed by atoms with Crippen LogP contribution in [0.25, 0.3) is 0 Å². The average Bonchev–Trinajstić information content (AvgIpc) is 2.74. The van der Waals surface area contributed by atoms with Gasteiger partial charge in [-0.3, -0.25) is 4.79 Å². The molecule has 0 radical (unpaired) electrons. The minimum atomic E-state index is 0. The van der Waals surface area contributed by atoms with Crippen molar-refractivity contribution in [2.24, 2.45) is 11.8 Å². The standard InChI is InChI=1S/C11H20N2O2.ClH/c1-8-6-12-4-2-10(8)13-11(14)9-3-5-15-7-9;/h8-10,12H,2-7H2,1H3,(H,13,14);1H. The summed E-state index contributed by atoms with van der Waals surface area (Å²) >= 11 is 0. The molecule has 3 atom stereocenters. The van der Waals surface area contributed by atoms with Gasteiger partial charge in [-0.25, -0.2) is 0 Å². The Morgan fingerprint density at radius 3 is 2.88 bits per heavy atom. The van der Waals surface area contributed by atoms with E-state index in [1.54, 1.807) is 0 Å². The van der Waals surface area contributed by atoms with Crippen LogP contribution in [0.5, 0.6) is 0 Å². The molecule has 2 rings (SSSR count). The molecule has 5 heteroatoms. The first kappa shape index (κ1) is 13.7. The lowest BCUT2D eigenvalue weighted by atomic mass is 9.94. The number of halogens is 1. The van der Waals surface area contributed by atoms with Gasteiger partial charge in [0.05, 0.1) is 12.5 Å². The Balaban J connectivity index is 0.00000128. The Morgan fingerprint density at radius 1 is 1.44 bits per heavy atom. The molecular weight excluding hydrogens is 228 g/mol. The molecule has 2 heterocycles. The second-order valence-electron chi connectivity index (χ2n) is 4.65. The fraction of sp³-hybridized carbons (Fsp3) is 0.909. The van der Waals surface area contributed by atoms with E-state index in [4.69, 9.17) is 4.74 Å². The van der Waals surface area contributed by atoms with Crippen LogP contribution in [0, 0.1) is 11.8 Å². The van der Waals surface area contributed by atoms with Gasteiger partial charge in [-0.05, 0) is 31.8 Å². The molecule has 2 aliphatic heterocycles. The minimum absolute atomic E-state index is 0. The number of carbonyl (C=O) groups is 1. The summed E-state index contributed by atoms with van der Waals surface area (Å²) in [7, 11) is 0. The molecule has 0 saturated carbocycles. The number of carbonyl (C=O) groups excluding carboxylic acids is 1. The summed E-state index contributed by atoms with van der Waals surface area (Å²) in [6.45, 7) is 5.54. The third-order valence-corrected chi connectivity index (χ3v) is 3.41. The zero-order valence-electron chi connectivity index (χ0n) is 9.70. The largest absolute Gasteiger partial charge is 0.381 e. The quantitative estimate of drug-likeness (QED) is 0.751. The van der Waals surface area contributed by atoms with Crippen molar-refractivity contribution in [1.29, 1.82) is 0 Å². The third kappa shape index (κ3) is 3.34. The maximum atomic E-state index is 11.8. The second-order valence-corrected chi connectivity index (χ2v) is 4.65. The Bertz CT molecular complexity index is 232. The third-order valence-electron chi connectivity index (χ3n) is 3.41. The summed E-state index contributed by atoms with van der Waals surface area (Å²) in [6, 6.07) is 0.347. The Morgan fingerprint density at radius 2 is 2.25 bits per heavy atom. The summed E-state index contributed by atoms with van der Waals surface area (Å²) in [5, 5.41) is 6.48. The molecule has 0 bridgehead atoms. The summed E-state index contributed by atoms with van der Waals surface area (Å²) in [5.41, 5.74) is 0. The van der Waals surface area contributed by atoms with E-state index >= 15 is 0 Å². The van der Waals surface area contributed by atoms with Gasteiger partial charge in [0, 0.05) is 12.6 Å². The van der Waals surface area contributed by atoms with Gasteiger partial charge in [0.1, 0.15) is 0 Å². The van der Waals surface area contributed by atoms with Crippen LogP contribution in [-0.2, 0) is 9.53 Å². The molecule has 4 nitrogen and oxygen atoms in total. The zero-order chi connectivity index (χ0) is 10.7. The van der Waals surface area contributed by atoms with Gasteiger partial charge in [0.25, 0.3) is 0 Å². The van der Waals surface area contributed by atoms with Crippen molar-refractivity contribution in [2.45, 2.75) is 25.8 Å². The Kier molecular flexibility index (Phi) is 5.52. The highest BCUT2D eigenvalue weighted by Gasteiger charge is 2.28. The molecule has 0 aromatic rings. The highest BCUT2D eigenvalue weighted by atomic mass is 35.5. The van der Waals surface area contributed by atoms with Crippen LogP contribution in [0.15, 0.2) is 0 Å². The highest BCUT2D eigenvalue weighted by molar-refractivity contribution is 5.85. The first-order valence-electron chi connectivity index (χ1n) is 5.86. The summed E-state index contributed by atoms with van der Waals surface area (Å²) < 4.78 is 5.22. The van der Waals surface area contributed by atoms with Gasteiger partial charge in [-0.2, -0.15) is 0 Å². The molecule has 3 unspecified atom stereocenters. The van der Waals surface area contributed by atoms with Crippen LogP contribution in [0.1, 0.15) is 19.8 Å². The second kappa shape index (κ2) is 6.42. The number of piperidine rings is 1. The van der Waals surface area contributed by atoms with Crippen LogP contribution >= 0.6 is 12.4 Å². The van der Waals surface area contributed by atoms with E-state index in [2.05, 4.69) is 17.6 Å². The smallest absolute Gasteiger partial charge is 0.225 e. The molecule has 0 aromatic carbocycles. The summed E-state index contributed by atoms with van der Waals surface area (Å²) in [4.78, 5) is 11.8. The van der Waals surface area contributed by atoms with Crippen LogP contribution in [0.3, 0.4) is 0 Å². The number of nitrogens with one attached hydrogen (secondary N) is 2. The van der Waals surface area contributed by atoms with Crippen molar-refractivity contribution in [2.75, 3.05) is 26.3 Å². The van der Waals surface area contributed by atoms with Gasteiger partial charge >= 0.3 is 0 Å². The van der Waals surface area contributed by atoms with E-state index in [0.717, 1.165) is 32.5 Å². The maximum absolute atomic E-state index is 11.8. The summed E-state index contributed by atoms with van der Waals surface area (Å²) in [6.07, 6.45) is 1.92. The first-order valence-corrected chi connectivity index (χ1v) is 5.86. The highest BCUT2D eigenvalue weighted by Crippen LogP contribution is 2.15.